The van der Waals surface area contributed by atoms with Gasteiger partial charge in [-0.3, -0.25) is 4.79 Å². The fraction of sp³-hybridized carbons (Fsp3) is 0.176. The molecule has 21 heavy (non-hydrogen) atoms. The lowest BCUT2D eigenvalue weighted by atomic mass is 9.90. The maximum Gasteiger partial charge on any atom is 0.209 e. The Morgan fingerprint density at radius 3 is 2.48 bits per heavy atom. The number of carbonyl (C=O) groups excluding carboxylic acids is 1. The van der Waals surface area contributed by atoms with Crippen LogP contribution in [0.25, 0.3) is 0 Å². The number of nitrogens with one attached hydrogen (secondary N) is 1. The van der Waals surface area contributed by atoms with Crippen molar-refractivity contribution >= 4 is 23.1 Å². The number of nitrogens with zero attached hydrogens (tertiary/aromatic N) is 1. The van der Waals surface area contributed by atoms with E-state index in [1.165, 1.54) is 0 Å². The van der Waals surface area contributed by atoms with Gasteiger partial charge in [0.2, 0.25) is 5.78 Å². The molecule has 0 aliphatic carbocycles. The van der Waals surface area contributed by atoms with Crippen LogP contribution in [0.4, 0.5) is 0 Å². The van der Waals surface area contributed by atoms with Crippen LogP contribution in [-0.2, 0) is 0 Å². The van der Waals surface area contributed by atoms with Crippen molar-refractivity contribution in [3.05, 3.63) is 70.2 Å². The number of hydrazone groups is 1. The normalized spacial score (nSPS) is 17.2. The highest BCUT2D eigenvalue weighted by atomic mass is 35.5. The first kappa shape index (κ1) is 13.8. The lowest BCUT2D eigenvalue weighted by molar-refractivity contribution is 0.106. The van der Waals surface area contributed by atoms with E-state index < -0.39 is 0 Å². The standard InChI is InChI=1S/C17H15ClN2O/c1-11-2-4-13(5-3-11)17(21)16-15(10-19-20-16)12-6-8-14(18)9-7-12/h2-9,15,19H,10H2,1H3. The molecule has 3 nitrogen and oxygen atoms in total. The van der Waals surface area contributed by atoms with Crippen molar-refractivity contribution in [2.75, 3.05) is 6.54 Å². The molecule has 0 radical (unpaired) electrons. The summed E-state index contributed by atoms with van der Waals surface area (Å²) in [6.45, 7) is 2.63. The summed E-state index contributed by atoms with van der Waals surface area (Å²) < 4.78 is 0. The molecular weight excluding hydrogens is 284 g/mol. The fourth-order valence-corrected chi connectivity index (χ4v) is 2.56. The van der Waals surface area contributed by atoms with Gasteiger partial charge >= 0.3 is 0 Å². The minimum Gasteiger partial charge on any atom is -0.309 e. The van der Waals surface area contributed by atoms with Crippen molar-refractivity contribution < 1.29 is 4.79 Å². The molecule has 0 bridgehead atoms. The summed E-state index contributed by atoms with van der Waals surface area (Å²) in [4.78, 5) is 12.6. The van der Waals surface area contributed by atoms with Gasteiger partial charge in [0.25, 0.3) is 0 Å². The number of rotatable bonds is 3. The third-order valence-corrected chi connectivity index (χ3v) is 3.90. The molecule has 2 aromatic carbocycles. The lowest BCUT2D eigenvalue weighted by Crippen LogP contribution is -2.21. The van der Waals surface area contributed by atoms with Crippen molar-refractivity contribution in [3.8, 4) is 0 Å². The van der Waals surface area contributed by atoms with Crippen LogP contribution in [0.1, 0.15) is 27.4 Å². The molecule has 1 unspecified atom stereocenters. The molecule has 1 N–H and O–H groups in total. The predicted octanol–water partition coefficient (Wildman–Crippen LogP) is 3.57. The molecule has 4 heteroatoms. The van der Waals surface area contributed by atoms with Gasteiger partial charge in [-0.2, -0.15) is 5.10 Å². The van der Waals surface area contributed by atoms with Gasteiger partial charge in [0.1, 0.15) is 5.71 Å². The topological polar surface area (TPSA) is 41.5 Å². The fourth-order valence-electron chi connectivity index (χ4n) is 2.43. The van der Waals surface area contributed by atoms with E-state index in [1.807, 2.05) is 55.5 Å². The first-order chi connectivity index (χ1) is 10.1. The monoisotopic (exact) mass is 298 g/mol. The molecular formula is C17H15ClN2O. The highest BCUT2D eigenvalue weighted by molar-refractivity contribution is 6.48. The average Bonchev–Trinajstić information content (AvgIpc) is 2.97. The molecule has 1 aliphatic heterocycles. The molecule has 0 saturated heterocycles. The number of carbonyl (C=O) groups is 1. The zero-order chi connectivity index (χ0) is 14.8. The zero-order valence-electron chi connectivity index (χ0n) is 11.6. The molecule has 1 heterocycles. The van der Waals surface area contributed by atoms with Gasteiger partial charge in [0.05, 0.1) is 5.92 Å². The molecule has 0 fully saturated rings. The molecule has 0 saturated carbocycles. The first-order valence-corrected chi connectivity index (χ1v) is 7.20. The van der Waals surface area contributed by atoms with E-state index in [1.54, 1.807) is 0 Å². The maximum atomic E-state index is 12.6. The van der Waals surface area contributed by atoms with Crippen LogP contribution in [-0.4, -0.2) is 18.0 Å². The Hall–Kier alpha value is -2.13. The van der Waals surface area contributed by atoms with Crippen LogP contribution in [0.2, 0.25) is 5.02 Å². The Balaban J connectivity index is 1.88. The number of Topliss-reactive ketones (excluding diaryl/α,β-unsaturated/α-hetero) is 1. The van der Waals surface area contributed by atoms with Crippen LogP contribution in [0.3, 0.4) is 0 Å². The zero-order valence-corrected chi connectivity index (χ0v) is 12.4. The van der Waals surface area contributed by atoms with E-state index in [0.717, 1.165) is 11.1 Å². The molecule has 106 valence electrons. The second kappa shape index (κ2) is 5.70. The smallest absolute Gasteiger partial charge is 0.209 e. The summed E-state index contributed by atoms with van der Waals surface area (Å²) in [5.74, 6) is -0.0592. The van der Waals surface area contributed by atoms with Crippen molar-refractivity contribution in [2.45, 2.75) is 12.8 Å². The third-order valence-electron chi connectivity index (χ3n) is 3.64. The molecule has 0 amide bonds. The van der Waals surface area contributed by atoms with Gasteiger partial charge in [-0.1, -0.05) is 53.6 Å². The summed E-state index contributed by atoms with van der Waals surface area (Å²) in [5.41, 5.74) is 6.33. The van der Waals surface area contributed by atoms with Gasteiger partial charge in [-0.15, -0.1) is 0 Å². The average molecular weight is 299 g/mol. The van der Waals surface area contributed by atoms with Crippen LogP contribution < -0.4 is 5.43 Å². The molecule has 2 aromatic rings. The van der Waals surface area contributed by atoms with Crippen LogP contribution in [0.15, 0.2) is 53.6 Å². The minimum absolute atomic E-state index is 0.0278. The Labute approximate surface area is 128 Å². The molecule has 1 atom stereocenters. The highest BCUT2D eigenvalue weighted by Gasteiger charge is 2.29. The van der Waals surface area contributed by atoms with Crippen LogP contribution >= 0.6 is 11.6 Å². The summed E-state index contributed by atoms with van der Waals surface area (Å²) in [5, 5.41) is 4.89. The maximum absolute atomic E-state index is 12.6. The minimum atomic E-state index is -0.0314. The number of benzene rings is 2. The van der Waals surface area contributed by atoms with E-state index in [4.69, 9.17) is 11.6 Å². The number of ketones is 1. The van der Waals surface area contributed by atoms with E-state index in [2.05, 4.69) is 10.5 Å². The molecule has 1 aliphatic rings. The molecule has 3 rings (SSSR count). The molecule has 0 spiro atoms. The van der Waals surface area contributed by atoms with Crippen molar-refractivity contribution in [1.82, 2.24) is 5.43 Å². The SMILES string of the molecule is Cc1ccc(C(=O)C2=NNCC2c2ccc(Cl)cc2)cc1. The number of aryl methyl sites for hydroxylation is 1. The van der Waals surface area contributed by atoms with Crippen molar-refractivity contribution in [3.63, 3.8) is 0 Å². The highest BCUT2D eigenvalue weighted by Crippen LogP contribution is 2.24. The summed E-state index contributed by atoms with van der Waals surface area (Å²) in [6, 6.07) is 15.1. The predicted molar refractivity (Wildman–Crippen MR) is 85.1 cm³/mol. The third kappa shape index (κ3) is 2.83. The van der Waals surface area contributed by atoms with Gasteiger partial charge in [0, 0.05) is 17.1 Å². The number of halogens is 1. The Morgan fingerprint density at radius 1 is 1.14 bits per heavy atom. The molecule has 0 aromatic heterocycles. The van der Waals surface area contributed by atoms with E-state index in [-0.39, 0.29) is 11.7 Å². The van der Waals surface area contributed by atoms with Crippen LogP contribution in [0.5, 0.6) is 0 Å². The second-order valence-corrected chi connectivity index (χ2v) is 5.60. The largest absolute Gasteiger partial charge is 0.309 e. The number of hydrogen-bond acceptors (Lipinski definition) is 3. The van der Waals surface area contributed by atoms with Gasteiger partial charge in [-0.05, 0) is 24.6 Å². The van der Waals surface area contributed by atoms with Gasteiger partial charge in [-0.25, -0.2) is 0 Å². The lowest BCUT2D eigenvalue weighted by Gasteiger charge is -2.12. The van der Waals surface area contributed by atoms with Crippen molar-refractivity contribution in [2.24, 2.45) is 5.10 Å². The summed E-state index contributed by atoms with van der Waals surface area (Å²) in [7, 11) is 0. The first-order valence-electron chi connectivity index (χ1n) is 6.82. The van der Waals surface area contributed by atoms with Gasteiger partial charge in [0.15, 0.2) is 0 Å². The van der Waals surface area contributed by atoms with E-state index in [0.29, 0.717) is 22.8 Å². The summed E-state index contributed by atoms with van der Waals surface area (Å²) >= 11 is 5.92. The second-order valence-electron chi connectivity index (χ2n) is 5.16. The van der Waals surface area contributed by atoms with Crippen molar-refractivity contribution in [1.29, 1.82) is 0 Å². The Bertz CT molecular complexity index is 690. The number of hydrogen-bond donors (Lipinski definition) is 1. The quantitative estimate of drug-likeness (QED) is 0.880. The Kier molecular flexibility index (Phi) is 3.76. The van der Waals surface area contributed by atoms with Crippen LogP contribution in [0, 0.1) is 6.92 Å². The Morgan fingerprint density at radius 2 is 1.81 bits per heavy atom. The summed E-state index contributed by atoms with van der Waals surface area (Å²) in [6.07, 6.45) is 0. The van der Waals surface area contributed by atoms with E-state index in [9.17, 15) is 4.79 Å². The van der Waals surface area contributed by atoms with Gasteiger partial charge < -0.3 is 5.43 Å². The van der Waals surface area contributed by atoms with E-state index >= 15 is 0 Å².